The zero-order chi connectivity index (χ0) is 16.2. The van der Waals surface area contributed by atoms with Crippen LogP contribution < -0.4 is 5.43 Å². The van der Waals surface area contributed by atoms with Crippen LogP contribution in [0.2, 0.25) is 5.02 Å². The number of carbonyl (C=O) groups excluding carboxylic acids is 1. The van der Waals surface area contributed by atoms with E-state index in [0.717, 1.165) is 12.3 Å². The number of hydrogen-bond donors (Lipinski definition) is 1. The highest BCUT2D eigenvalue weighted by atomic mass is 35.5. The van der Waals surface area contributed by atoms with Crippen LogP contribution in [-0.2, 0) is 6.18 Å². The lowest BCUT2D eigenvalue weighted by molar-refractivity contribution is -0.137. The quantitative estimate of drug-likeness (QED) is 0.669. The van der Waals surface area contributed by atoms with E-state index in [-0.39, 0.29) is 11.1 Å². The van der Waals surface area contributed by atoms with Gasteiger partial charge in [0, 0.05) is 16.1 Å². The van der Waals surface area contributed by atoms with Crippen LogP contribution in [0.15, 0.2) is 53.6 Å². The average Bonchev–Trinajstić information content (AvgIpc) is 2.46. The van der Waals surface area contributed by atoms with Crippen LogP contribution in [0.3, 0.4) is 0 Å². The van der Waals surface area contributed by atoms with Gasteiger partial charge in [-0.25, -0.2) is 5.43 Å². The lowest BCUT2D eigenvalue weighted by Crippen LogP contribution is -2.18. The highest BCUT2D eigenvalue weighted by Crippen LogP contribution is 2.31. The fraction of sp³-hybridized carbons (Fsp3) is 0.0667. The number of rotatable bonds is 3. The molecule has 3 nitrogen and oxygen atoms in total. The minimum absolute atomic E-state index is 0.138. The van der Waals surface area contributed by atoms with Crippen LogP contribution in [0.1, 0.15) is 21.5 Å². The van der Waals surface area contributed by atoms with E-state index in [1.165, 1.54) is 30.3 Å². The first-order chi connectivity index (χ1) is 10.4. The van der Waals surface area contributed by atoms with E-state index in [1.807, 2.05) is 0 Å². The Labute approximate surface area is 129 Å². The third-order valence-corrected chi connectivity index (χ3v) is 2.96. The Morgan fingerprint density at radius 2 is 1.86 bits per heavy atom. The van der Waals surface area contributed by atoms with Gasteiger partial charge in [0.25, 0.3) is 5.91 Å². The molecule has 0 aliphatic heterocycles. The first kappa shape index (κ1) is 16.0. The van der Waals surface area contributed by atoms with Crippen molar-refractivity contribution >= 4 is 23.7 Å². The molecule has 0 fully saturated rings. The van der Waals surface area contributed by atoms with E-state index in [1.54, 1.807) is 12.1 Å². The van der Waals surface area contributed by atoms with Crippen LogP contribution in [-0.4, -0.2) is 12.1 Å². The monoisotopic (exact) mass is 326 g/mol. The molecule has 0 aliphatic rings. The normalized spacial score (nSPS) is 11.6. The molecule has 114 valence electrons. The topological polar surface area (TPSA) is 41.5 Å². The molecule has 1 amide bonds. The molecule has 0 unspecified atom stereocenters. The van der Waals surface area contributed by atoms with Gasteiger partial charge >= 0.3 is 6.18 Å². The largest absolute Gasteiger partial charge is 0.417 e. The Morgan fingerprint density at radius 3 is 2.55 bits per heavy atom. The molecule has 0 saturated carbocycles. The molecule has 22 heavy (non-hydrogen) atoms. The number of benzene rings is 2. The maximum Gasteiger partial charge on any atom is 0.417 e. The number of halogens is 4. The van der Waals surface area contributed by atoms with Crippen LogP contribution >= 0.6 is 11.6 Å². The summed E-state index contributed by atoms with van der Waals surface area (Å²) in [6, 6.07) is 11.1. The molecule has 0 radical (unpaired) electrons. The Balaban J connectivity index is 2.12. The first-order valence-electron chi connectivity index (χ1n) is 6.13. The van der Waals surface area contributed by atoms with Crippen molar-refractivity contribution in [3.05, 3.63) is 70.2 Å². The van der Waals surface area contributed by atoms with Gasteiger partial charge < -0.3 is 0 Å². The molecule has 2 aromatic carbocycles. The summed E-state index contributed by atoms with van der Waals surface area (Å²) in [6.07, 6.45) is -3.54. The van der Waals surface area contributed by atoms with Crippen molar-refractivity contribution in [2.24, 2.45) is 5.10 Å². The van der Waals surface area contributed by atoms with E-state index in [4.69, 9.17) is 11.6 Å². The van der Waals surface area contributed by atoms with Gasteiger partial charge in [-0.3, -0.25) is 4.79 Å². The van der Waals surface area contributed by atoms with Crippen molar-refractivity contribution in [3.8, 4) is 0 Å². The van der Waals surface area contributed by atoms with Gasteiger partial charge in [-0.15, -0.1) is 0 Å². The SMILES string of the molecule is O=C(NN=Cc1ccccc1C(F)(F)F)c1cccc(Cl)c1. The zero-order valence-corrected chi connectivity index (χ0v) is 11.8. The highest BCUT2D eigenvalue weighted by Gasteiger charge is 2.32. The molecule has 0 saturated heterocycles. The summed E-state index contributed by atoms with van der Waals surface area (Å²) in [7, 11) is 0. The third-order valence-electron chi connectivity index (χ3n) is 2.72. The number of hydrogen-bond acceptors (Lipinski definition) is 2. The van der Waals surface area contributed by atoms with Gasteiger partial charge in [-0.2, -0.15) is 18.3 Å². The van der Waals surface area contributed by atoms with Gasteiger partial charge in [0.15, 0.2) is 0 Å². The minimum Gasteiger partial charge on any atom is -0.267 e. The number of hydrazone groups is 1. The summed E-state index contributed by atoms with van der Waals surface area (Å²) in [5.74, 6) is -0.566. The molecule has 7 heteroatoms. The smallest absolute Gasteiger partial charge is 0.267 e. The lowest BCUT2D eigenvalue weighted by Gasteiger charge is -2.09. The summed E-state index contributed by atoms with van der Waals surface area (Å²) in [4.78, 5) is 11.8. The average molecular weight is 327 g/mol. The molecule has 0 bridgehead atoms. The van der Waals surface area contributed by atoms with Crippen LogP contribution in [0, 0.1) is 0 Å². The highest BCUT2D eigenvalue weighted by molar-refractivity contribution is 6.30. The van der Waals surface area contributed by atoms with E-state index in [9.17, 15) is 18.0 Å². The predicted molar refractivity (Wildman–Crippen MR) is 78.0 cm³/mol. The van der Waals surface area contributed by atoms with E-state index in [0.29, 0.717) is 5.02 Å². The predicted octanol–water partition coefficient (Wildman–Crippen LogP) is 4.12. The molecule has 2 rings (SSSR count). The maximum atomic E-state index is 12.8. The summed E-state index contributed by atoms with van der Waals surface area (Å²) >= 11 is 5.75. The van der Waals surface area contributed by atoms with Crippen LogP contribution in [0.5, 0.6) is 0 Å². The lowest BCUT2D eigenvalue weighted by atomic mass is 10.1. The van der Waals surface area contributed by atoms with Gasteiger partial charge in [-0.05, 0) is 24.3 Å². The second-order valence-electron chi connectivity index (χ2n) is 4.29. The number of nitrogens with one attached hydrogen (secondary N) is 1. The fourth-order valence-electron chi connectivity index (χ4n) is 1.72. The molecule has 0 aliphatic carbocycles. The van der Waals surface area contributed by atoms with Gasteiger partial charge in [-0.1, -0.05) is 35.9 Å². The second-order valence-corrected chi connectivity index (χ2v) is 4.73. The van der Waals surface area contributed by atoms with E-state index >= 15 is 0 Å². The molecule has 2 aromatic rings. The number of nitrogens with zero attached hydrogens (tertiary/aromatic N) is 1. The van der Waals surface area contributed by atoms with Gasteiger partial charge in [0.05, 0.1) is 11.8 Å². The Kier molecular flexibility index (Phi) is 4.82. The van der Waals surface area contributed by atoms with Gasteiger partial charge in [0.2, 0.25) is 0 Å². The summed E-state index contributed by atoms with van der Waals surface area (Å²) in [5.41, 5.74) is 1.45. The first-order valence-corrected chi connectivity index (χ1v) is 6.51. The Hall–Kier alpha value is -2.34. The Bertz CT molecular complexity index is 714. The van der Waals surface area contributed by atoms with Crippen molar-refractivity contribution in [1.82, 2.24) is 5.43 Å². The molecule has 0 atom stereocenters. The number of alkyl halides is 3. The van der Waals surface area contributed by atoms with Crippen molar-refractivity contribution in [2.75, 3.05) is 0 Å². The van der Waals surface area contributed by atoms with Crippen LogP contribution in [0.25, 0.3) is 0 Å². The summed E-state index contributed by atoms with van der Waals surface area (Å²) < 4.78 is 38.3. The molecular weight excluding hydrogens is 317 g/mol. The van der Waals surface area contributed by atoms with Crippen molar-refractivity contribution < 1.29 is 18.0 Å². The molecule has 1 N–H and O–H groups in total. The summed E-state index contributed by atoms with van der Waals surface area (Å²) in [5, 5.41) is 3.93. The summed E-state index contributed by atoms with van der Waals surface area (Å²) in [6.45, 7) is 0. The van der Waals surface area contributed by atoms with Gasteiger partial charge in [0.1, 0.15) is 0 Å². The molecule has 0 spiro atoms. The maximum absolute atomic E-state index is 12.8. The zero-order valence-electron chi connectivity index (χ0n) is 11.1. The van der Waals surface area contributed by atoms with E-state index < -0.39 is 17.6 Å². The van der Waals surface area contributed by atoms with Crippen LogP contribution in [0.4, 0.5) is 13.2 Å². The molecule has 0 heterocycles. The minimum atomic E-state index is -4.49. The van der Waals surface area contributed by atoms with Crippen molar-refractivity contribution in [2.45, 2.75) is 6.18 Å². The Morgan fingerprint density at radius 1 is 1.14 bits per heavy atom. The third kappa shape index (κ3) is 4.08. The number of carbonyl (C=O) groups is 1. The number of amides is 1. The van der Waals surface area contributed by atoms with Crippen molar-refractivity contribution in [3.63, 3.8) is 0 Å². The standard InChI is InChI=1S/C15H10ClF3N2O/c16-12-6-3-5-10(8-12)14(22)21-20-9-11-4-1-2-7-13(11)15(17,18)19/h1-9H,(H,21,22). The molecular formula is C15H10ClF3N2O. The molecule has 0 aromatic heterocycles. The van der Waals surface area contributed by atoms with E-state index in [2.05, 4.69) is 10.5 Å². The second kappa shape index (κ2) is 6.62. The van der Waals surface area contributed by atoms with Crippen molar-refractivity contribution in [1.29, 1.82) is 0 Å². The fourth-order valence-corrected chi connectivity index (χ4v) is 1.91.